The summed E-state index contributed by atoms with van der Waals surface area (Å²) in [6.07, 6.45) is 0.653. The van der Waals surface area contributed by atoms with Crippen molar-refractivity contribution in [2.75, 3.05) is 0 Å². The average Bonchev–Trinajstić information content (AvgIpc) is 2.08. The molecule has 1 aromatic rings. The largest absolute Gasteiger partial charge is 0.505 e. The van der Waals surface area contributed by atoms with Gasteiger partial charge in [-0.05, 0) is 12.5 Å². The average molecular weight is 169 g/mol. The molecule has 0 bridgehead atoms. The number of halogens is 1. The van der Waals surface area contributed by atoms with Gasteiger partial charge in [0.2, 0.25) is 0 Å². The normalized spacial score (nSPS) is 12.9. The Bertz CT molecular complexity index is 275. The van der Waals surface area contributed by atoms with E-state index in [1.54, 1.807) is 12.1 Å². The van der Waals surface area contributed by atoms with Crippen molar-refractivity contribution in [1.29, 1.82) is 0 Å². The molecule has 1 rings (SSSR count). The van der Waals surface area contributed by atoms with Gasteiger partial charge < -0.3 is 10.8 Å². The number of hydrogen-bond donors (Lipinski definition) is 2. The molecule has 0 radical (unpaired) electrons. The van der Waals surface area contributed by atoms with Crippen molar-refractivity contribution in [3.8, 4) is 5.75 Å². The van der Waals surface area contributed by atoms with E-state index in [0.717, 1.165) is 0 Å². The van der Waals surface area contributed by atoms with Gasteiger partial charge in [-0.1, -0.05) is 19.1 Å². The SMILES string of the molecule is CCC(N)c1cccc(O)c1F. The lowest BCUT2D eigenvalue weighted by atomic mass is 10.0. The van der Waals surface area contributed by atoms with E-state index < -0.39 is 5.82 Å². The van der Waals surface area contributed by atoms with Gasteiger partial charge in [-0.2, -0.15) is 0 Å². The summed E-state index contributed by atoms with van der Waals surface area (Å²) in [6.45, 7) is 1.87. The Labute approximate surface area is 70.8 Å². The van der Waals surface area contributed by atoms with Gasteiger partial charge in [-0.25, -0.2) is 4.39 Å². The molecule has 1 atom stereocenters. The molecule has 1 unspecified atom stereocenters. The first-order valence-electron chi connectivity index (χ1n) is 3.89. The Hall–Kier alpha value is -1.09. The third-order valence-electron chi connectivity index (χ3n) is 1.85. The molecule has 3 N–H and O–H groups in total. The monoisotopic (exact) mass is 169 g/mol. The van der Waals surface area contributed by atoms with E-state index >= 15 is 0 Å². The highest BCUT2D eigenvalue weighted by molar-refractivity contribution is 5.31. The maximum Gasteiger partial charge on any atom is 0.169 e. The third-order valence-corrected chi connectivity index (χ3v) is 1.85. The van der Waals surface area contributed by atoms with Gasteiger partial charge in [0.25, 0.3) is 0 Å². The van der Waals surface area contributed by atoms with Crippen LogP contribution >= 0.6 is 0 Å². The summed E-state index contributed by atoms with van der Waals surface area (Å²) in [5, 5.41) is 9.01. The zero-order valence-corrected chi connectivity index (χ0v) is 6.92. The Balaban J connectivity index is 3.07. The summed E-state index contributed by atoms with van der Waals surface area (Å²) in [5.74, 6) is -0.941. The van der Waals surface area contributed by atoms with Gasteiger partial charge in [0.05, 0.1) is 0 Å². The Kier molecular flexibility index (Phi) is 2.65. The van der Waals surface area contributed by atoms with Gasteiger partial charge in [0.15, 0.2) is 11.6 Å². The van der Waals surface area contributed by atoms with Crippen LogP contribution in [0.3, 0.4) is 0 Å². The second-order valence-corrected chi connectivity index (χ2v) is 2.70. The molecule has 12 heavy (non-hydrogen) atoms. The fourth-order valence-electron chi connectivity index (χ4n) is 1.04. The molecule has 66 valence electrons. The predicted molar refractivity (Wildman–Crippen MR) is 45.3 cm³/mol. The Morgan fingerprint density at radius 3 is 2.83 bits per heavy atom. The number of phenols is 1. The van der Waals surface area contributed by atoms with E-state index in [4.69, 9.17) is 10.8 Å². The van der Waals surface area contributed by atoms with Gasteiger partial charge >= 0.3 is 0 Å². The van der Waals surface area contributed by atoms with Crippen LogP contribution in [0.1, 0.15) is 24.9 Å². The molecule has 0 aliphatic heterocycles. The molecular formula is C9H12FNO. The molecule has 0 heterocycles. The highest BCUT2D eigenvalue weighted by Gasteiger charge is 2.11. The zero-order chi connectivity index (χ0) is 9.14. The highest BCUT2D eigenvalue weighted by atomic mass is 19.1. The highest BCUT2D eigenvalue weighted by Crippen LogP contribution is 2.23. The van der Waals surface area contributed by atoms with Gasteiger partial charge in [-0.3, -0.25) is 0 Å². The van der Waals surface area contributed by atoms with Crippen molar-refractivity contribution < 1.29 is 9.50 Å². The summed E-state index contributed by atoms with van der Waals surface area (Å²) < 4.78 is 13.1. The Morgan fingerprint density at radius 1 is 1.58 bits per heavy atom. The van der Waals surface area contributed by atoms with E-state index in [1.165, 1.54) is 6.07 Å². The lowest BCUT2D eigenvalue weighted by molar-refractivity contribution is 0.424. The first kappa shape index (κ1) is 9.00. The van der Waals surface area contributed by atoms with Crippen LogP contribution < -0.4 is 5.73 Å². The van der Waals surface area contributed by atoms with Crippen LogP contribution in [0.5, 0.6) is 5.75 Å². The smallest absolute Gasteiger partial charge is 0.169 e. The van der Waals surface area contributed by atoms with Crippen molar-refractivity contribution in [1.82, 2.24) is 0 Å². The van der Waals surface area contributed by atoms with E-state index in [0.29, 0.717) is 12.0 Å². The van der Waals surface area contributed by atoms with E-state index in [9.17, 15) is 4.39 Å². The fourth-order valence-corrected chi connectivity index (χ4v) is 1.04. The van der Waals surface area contributed by atoms with Crippen molar-refractivity contribution in [2.24, 2.45) is 5.73 Å². The van der Waals surface area contributed by atoms with Crippen molar-refractivity contribution >= 4 is 0 Å². The summed E-state index contributed by atoms with van der Waals surface area (Å²) in [7, 11) is 0. The molecule has 0 saturated heterocycles. The predicted octanol–water partition coefficient (Wildman–Crippen LogP) is 1.94. The molecule has 0 aromatic heterocycles. The molecule has 0 saturated carbocycles. The molecule has 0 spiro atoms. The number of aromatic hydroxyl groups is 1. The maximum atomic E-state index is 13.1. The Morgan fingerprint density at radius 2 is 2.25 bits per heavy atom. The lowest BCUT2D eigenvalue weighted by Gasteiger charge is -2.10. The topological polar surface area (TPSA) is 46.2 Å². The minimum absolute atomic E-state index is 0.336. The second-order valence-electron chi connectivity index (χ2n) is 2.70. The van der Waals surface area contributed by atoms with Crippen LogP contribution in [-0.4, -0.2) is 5.11 Å². The first-order chi connectivity index (χ1) is 5.66. The molecule has 0 aliphatic carbocycles. The van der Waals surface area contributed by atoms with Crippen molar-refractivity contribution in [2.45, 2.75) is 19.4 Å². The van der Waals surface area contributed by atoms with Crippen LogP contribution in [0.25, 0.3) is 0 Å². The third kappa shape index (κ3) is 1.56. The second kappa shape index (κ2) is 3.54. The molecule has 2 nitrogen and oxygen atoms in total. The molecule has 1 aromatic carbocycles. The van der Waals surface area contributed by atoms with Crippen molar-refractivity contribution in [3.05, 3.63) is 29.6 Å². The number of hydrogen-bond acceptors (Lipinski definition) is 2. The van der Waals surface area contributed by atoms with Crippen LogP contribution in [0.4, 0.5) is 4.39 Å². The zero-order valence-electron chi connectivity index (χ0n) is 6.92. The van der Waals surface area contributed by atoms with Crippen molar-refractivity contribution in [3.63, 3.8) is 0 Å². The van der Waals surface area contributed by atoms with E-state index in [1.807, 2.05) is 6.92 Å². The molecular weight excluding hydrogens is 157 g/mol. The summed E-state index contributed by atoms with van der Waals surface area (Å²) >= 11 is 0. The van der Waals surface area contributed by atoms with Crippen LogP contribution in [-0.2, 0) is 0 Å². The maximum absolute atomic E-state index is 13.1. The number of benzene rings is 1. The van der Waals surface area contributed by atoms with E-state index in [2.05, 4.69) is 0 Å². The van der Waals surface area contributed by atoms with Gasteiger partial charge in [0.1, 0.15) is 0 Å². The summed E-state index contributed by atoms with van der Waals surface area (Å²) in [4.78, 5) is 0. The molecule has 3 heteroatoms. The molecule has 0 aliphatic rings. The van der Waals surface area contributed by atoms with Crippen LogP contribution in [0, 0.1) is 5.82 Å². The van der Waals surface area contributed by atoms with Crippen LogP contribution in [0.2, 0.25) is 0 Å². The summed E-state index contributed by atoms with van der Waals surface area (Å²) in [6, 6.07) is 4.14. The number of nitrogens with two attached hydrogens (primary N) is 1. The van der Waals surface area contributed by atoms with Gasteiger partial charge in [0, 0.05) is 11.6 Å². The van der Waals surface area contributed by atoms with Crippen LogP contribution in [0.15, 0.2) is 18.2 Å². The lowest BCUT2D eigenvalue weighted by Crippen LogP contribution is -2.10. The number of rotatable bonds is 2. The molecule has 0 fully saturated rings. The fraction of sp³-hybridized carbons (Fsp3) is 0.333. The van der Waals surface area contributed by atoms with E-state index in [-0.39, 0.29) is 11.8 Å². The number of phenolic OH excluding ortho intramolecular Hbond substituents is 1. The quantitative estimate of drug-likeness (QED) is 0.710. The van der Waals surface area contributed by atoms with Gasteiger partial charge in [-0.15, -0.1) is 0 Å². The first-order valence-corrected chi connectivity index (χ1v) is 3.89. The minimum atomic E-state index is -0.605. The molecule has 0 amide bonds. The standard InChI is InChI=1S/C9H12FNO/c1-2-7(11)6-4-3-5-8(12)9(6)10/h3-5,7,12H,2,11H2,1H3. The minimum Gasteiger partial charge on any atom is -0.505 e. The summed E-state index contributed by atoms with van der Waals surface area (Å²) in [5.41, 5.74) is 5.99.